The van der Waals surface area contributed by atoms with Gasteiger partial charge in [-0.3, -0.25) is 24.4 Å². The number of carboxylic acids is 1. The highest BCUT2D eigenvalue weighted by molar-refractivity contribution is 6.46. The van der Waals surface area contributed by atoms with Gasteiger partial charge in [-0.15, -0.1) is 0 Å². The average Bonchev–Trinajstić information content (AvgIpc) is 3.74. The van der Waals surface area contributed by atoms with Gasteiger partial charge >= 0.3 is 5.97 Å². The second-order valence-electron chi connectivity index (χ2n) is 12.6. The predicted octanol–water partition coefficient (Wildman–Crippen LogP) is 4.83. The maximum Gasteiger partial charge on any atom is 0.305 e. The molecule has 1 aliphatic heterocycles. The first-order chi connectivity index (χ1) is 19.1. The Morgan fingerprint density at radius 1 is 1.18 bits per heavy atom. The summed E-state index contributed by atoms with van der Waals surface area (Å²) in [6, 6.07) is 3.63. The Kier molecular flexibility index (Phi) is 7.80. The zero-order valence-electron chi connectivity index (χ0n) is 23.7. The van der Waals surface area contributed by atoms with E-state index in [-0.39, 0.29) is 36.2 Å². The fraction of sp³-hybridized carbons (Fsp3) is 0.531. The number of hydrogen-bond donors (Lipinski definition) is 2. The minimum absolute atomic E-state index is 0.0340. The van der Waals surface area contributed by atoms with Crippen molar-refractivity contribution in [3.05, 3.63) is 65.5 Å². The van der Waals surface area contributed by atoms with Crippen molar-refractivity contribution in [1.29, 1.82) is 0 Å². The minimum atomic E-state index is -0.946. The standard InChI is InChI=1S/C32H40N4O4/c1-31(2,3)25-13-16-32(17-14-25)35-27(24-8-5-18-33-20-24)30(40)36(32)28(22-9-10-22)21-6-4-7-23(12-11-21)29(39)34-19-15-26(37)38/h4-6,8,11-12,18,20,22,25,28H,7,9-10,13-17,19H2,1-3H3,(H,34,39)(H,37,38). The van der Waals surface area contributed by atoms with E-state index in [9.17, 15) is 14.4 Å². The summed E-state index contributed by atoms with van der Waals surface area (Å²) >= 11 is 0. The van der Waals surface area contributed by atoms with E-state index in [0.717, 1.165) is 49.7 Å². The lowest BCUT2D eigenvalue weighted by molar-refractivity contribution is -0.137. The summed E-state index contributed by atoms with van der Waals surface area (Å²) in [4.78, 5) is 49.4. The Bertz CT molecular complexity index is 1280. The molecule has 0 aromatic carbocycles. The third-order valence-corrected chi connectivity index (χ3v) is 8.87. The summed E-state index contributed by atoms with van der Waals surface area (Å²) in [5, 5.41) is 11.6. The van der Waals surface area contributed by atoms with Crippen LogP contribution in [0.5, 0.6) is 0 Å². The van der Waals surface area contributed by atoms with E-state index in [1.165, 1.54) is 0 Å². The molecule has 2 amide bonds. The molecule has 5 rings (SSSR count). The number of aromatic nitrogens is 1. The smallest absolute Gasteiger partial charge is 0.305 e. The van der Waals surface area contributed by atoms with E-state index in [0.29, 0.717) is 29.5 Å². The van der Waals surface area contributed by atoms with Crippen LogP contribution in [-0.4, -0.2) is 56.7 Å². The number of carbonyl (C=O) groups excluding carboxylic acids is 2. The van der Waals surface area contributed by atoms with Gasteiger partial charge in [0.1, 0.15) is 11.4 Å². The van der Waals surface area contributed by atoms with Crippen LogP contribution in [0.2, 0.25) is 0 Å². The van der Waals surface area contributed by atoms with Gasteiger partial charge in [0.2, 0.25) is 5.91 Å². The highest BCUT2D eigenvalue weighted by Crippen LogP contribution is 2.51. The molecule has 3 aliphatic carbocycles. The van der Waals surface area contributed by atoms with E-state index in [1.54, 1.807) is 12.4 Å². The summed E-state index contributed by atoms with van der Waals surface area (Å²) in [7, 11) is 0. The highest BCUT2D eigenvalue weighted by Gasteiger charge is 2.55. The van der Waals surface area contributed by atoms with E-state index in [4.69, 9.17) is 10.1 Å². The maximum absolute atomic E-state index is 14.3. The van der Waals surface area contributed by atoms with Crippen LogP contribution in [-0.2, 0) is 14.4 Å². The van der Waals surface area contributed by atoms with Gasteiger partial charge in [0.25, 0.3) is 5.91 Å². The lowest BCUT2D eigenvalue weighted by atomic mass is 9.69. The van der Waals surface area contributed by atoms with Crippen LogP contribution in [0.3, 0.4) is 0 Å². The maximum atomic E-state index is 14.3. The molecule has 2 heterocycles. The Hall–Kier alpha value is -3.55. The van der Waals surface area contributed by atoms with Gasteiger partial charge < -0.3 is 15.3 Å². The molecule has 40 heavy (non-hydrogen) atoms. The number of pyridine rings is 1. The number of rotatable bonds is 8. The Morgan fingerprint density at radius 2 is 1.93 bits per heavy atom. The molecule has 1 atom stereocenters. The van der Waals surface area contributed by atoms with Gasteiger partial charge in [-0.2, -0.15) is 0 Å². The minimum Gasteiger partial charge on any atom is -0.481 e. The fourth-order valence-corrected chi connectivity index (χ4v) is 6.44. The molecule has 212 valence electrons. The number of aliphatic imine (C=N–C) groups is 1. The molecule has 1 unspecified atom stereocenters. The molecule has 0 bridgehead atoms. The van der Waals surface area contributed by atoms with Crippen molar-refractivity contribution >= 4 is 23.5 Å². The average molecular weight is 545 g/mol. The molecule has 4 aliphatic rings. The third-order valence-electron chi connectivity index (χ3n) is 8.87. The van der Waals surface area contributed by atoms with Crippen LogP contribution in [0.4, 0.5) is 0 Å². The van der Waals surface area contributed by atoms with Crippen molar-refractivity contribution in [2.45, 2.75) is 83.8 Å². The van der Waals surface area contributed by atoms with E-state index in [2.05, 4.69) is 42.0 Å². The molecule has 0 radical (unpaired) electrons. The van der Waals surface area contributed by atoms with Gasteiger partial charge in [-0.25, -0.2) is 0 Å². The predicted molar refractivity (Wildman–Crippen MR) is 153 cm³/mol. The van der Waals surface area contributed by atoms with Crippen LogP contribution in [0.1, 0.15) is 77.7 Å². The van der Waals surface area contributed by atoms with E-state index in [1.807, 2.05) is 30.4 Å². The second kappa shape index (κ2) is 11.1. The van der Waals surface area contributed by atoms with Crippen LogP contribution >= 0.6 is 0 Å². The van der Waals surface area contributed by atoms with Crippen LogP contribution in [0, 0.1) is 17.3 Å². The SMILES string of the molecule is CC(C)(C)C1CCC2(CC1)N=C(c1cccnc1)C(=O)N2C(C1=CC=C(C(=O)NCCC(=O)O)CC=C1)C1CC1. The van der Waals surface area contributed by atoms with Gasteiger partial charge in [0, 0.05) is 30.1 Å². The molecule has 1 aromatic rings. The molecular weight excluding hydrogens is 504 g/mol. The molecule has 1 spiro atoms. The van der Waals surface area contributed by atoms with Crippen LogP contribution < -0.4 is 5.32 Å². The number of carbonyl (C=O) groups is 3. The molecule has 8 heteroatoms. The summed E-state index contributed by atoms with van der Waals surface area (Å²) in [6.45, 7) is 6.99. The van der Waals surface area contributed by atoms with Crippen molar-refractivity contribution in [3.63, 3.8) is 0 Å². The number of carboxylic acid groups (broad SMARTS) is 1. The van der Waals surface area contributed by atoms with Gasteiger partial charge in [-0.1, -0.05) is 45.1 Å². The van der Waals surface area contributed by atoms with E-state index >= 15 is 0 Å². The normalized spacial score (nSPS) is 25.7. The molecule has 8 nitrogen and oxygen atoms in total. The Balaban J connectivity index is 1.47. The molecule has 1 aromatic heterocycles. The fourth-order valence-electron chi connectivity index (χ4n) is 6.44. The molecule has 2 fully saturated rings. The first-order valence-corrected chi connectivity index (χ1v) is 14.5. The van der Waals surface area contributed by atoms with Gasteiger partial charge in [-0.05, 0) is 79.9 Å². The number of nitrogens with one attached hydrogen (secondary N) is 1. The largest absolute Gasteiger partial charge is 0.481 e. The quantitative estimate of drug-likeness (QED) is 0.487. The van der Waals surface area contributed by atoms with Crippen LogP contribution in [0.15, 0.2) is 65.0 Å². The number of amides is 2. The van der Waals surface area contributed by atoms with Crippen molar-refractivity contribution in [2.24, 2.45) is 22.2 Å². The third kappa shape index (κ3) is 5.81. The number of nitrogens with zero attached hydrogens (tertiary/aromatic N) is 3. The zero-order chi connectivity index (χ0) is 28.5. The summed E-state index contributed by atoms with van der Waals surface area (Å²) in [6.07, 6.45) is 17.4. The summed E-state index contributed by atoms with van der Waals surface area (Å²) < 4.78 is 0. The number of hydrogen-bond acceptors (Lipinski definition) is 5. The molecule has 0 saturated heterocycles. The topological polar surface area (TPSA) is 112 Å². The second-order valence-corrected chi connectivity index (χ2v) is 12.6. The first kappa shape index (κ1) is 28.0. The number of aliphatic carboxylic acids is 1. The van der Waals surface area contributed by atoms with Crippen molar-refractivity contribution in [1.82, 2.24) is 15.2 Å². The first-order valence-electron chi connectivity index (χ1n) is 14.5. The summed E-state index contributed by atoms with van der Waals surface area (Å²) in [5.74, 6) is -0.316. The molecular formula is C32H40N4O4. The lowest BCUT2D eigenvalue weighted by Gasteiger charge is -2.47. The van der Waals surface area contributed by atoms with Gasteiger partial charge in [0.05, 0.1) is 12.5 Å². The Morgan fingerprint density at radius 3 is 2.55 bits per heavy atom. The van der Waals surface area contributed by atoms with E-state index < -0.39 is 11.6 Å². The lowest BCUT2D eigenvalue weighted by Crippen LogP contribution is -2.55. The van der Waals surface area contributed by atoms with Gasteiger partial charge in [0.15, 0.2) is 0 Å². The molecule has 2 N–H and O–H groups in total. The van der Waals surface area contributed by atoms with Crippen molar-refractivity contribution < 1.29 is 19.5 Å². The monoisotopic (exact) mass is 544 g/mol. The number of allylic oxidation sites excluding steroid dienone is 3. The zero-order valence-corrected chi connectivity index (χ0v) is 23.7. The summed E-state index contributed by atoms with van der Waals surface area (Å²) in [5.41, 5.74) is 2.47. The molecule has 2 saturated carbocycles. The Labute approximate surface area is 236 Å². The van der Waals surface area contributed by atoms with Crippen molar-refractivity contribution in [3.8, 4) is 0 Å². The van der Waals surface area contributed by atoms with Crippen LogP contribution in [0.25, 0.3) is 0 Å². The van der Waals surface area contributed by atoms with Crippen molar-refractivity contribution in [2.75, 3.05) is 6.54 Å². The highest BCUT2D eigenvalue weighted by atomic mass is 16.4.